The van der Waals surface area contributed by atoms with Crippen molar-refractivity contribution >= 4 is 0 Å². The smallest absolute Gasteiger partial charge is 0.0145 e. The second kappa shape index (κ2) is 7.43. The Morgan fingerprint density at radius 1 is 1.05 bits per heavy atom. The fraction of sp³-hybridized carbons (Fsp3) is 1.00. The van der Waals surface area contributed by atoms with E-state index in [2.05, 4.69) is 29.1 Å². The highest BCUT2D eigenvalue weighted by Crippen LogP contribution is 2.32. The maximum Gasteiger partial charge on any atom is 0.0145 e. The maximum absolute atomic E-state index is 3.80. The van der Waals surface area contributed by atoms with Gasteiger partial charge in [0.25, 0.3) is 0 Å². The molecule has 0 aromatic carbocycles. The van der Waals surface area contributed by atoms with Crippen LogP contribution in [0.4, 0.5) is 0 Å². The molecule has 0 aromatic rings. The highest BCUT2D eigenvalue weighted by Gasteiger charge is 2.36. The van der Waals surface area contributed by atoms with Gasteiger partial charge in [-0.05, 0) is 77.0 Å². The van der Waals surface area contributed by atoms with Crippen LogP contribution >= 0.6 is 0 Å². The van der Waals surface area contributed by atoms with E-state index in [1.807, 2.05) is 0 Å². The minimum atomic E-state index is 0.803. The highest BCUT2D eigenvalue weighted by atomic mass is 15.2. The molecule has 1 saturated carbocycles. The van der Waals surface area contributed by atoms with Gasteiger partial charge in [-0.2, -0.15) is 0 Å². The van der Waals surface area contributed by atoms with Crippen LogP contribution in [0.2, 0.25) is 0 Å². The molecule has 0 spiro atoms. The summed E-state index contributed by atoms with van der Waals surface area (Å²) < 4.78 is 0. The van der Waals surface area contributed by atoms with E-state index in [4.69, 9.17) is 0 Å². The summed E-state index contributed by atoms with van der Waals surface area (Å²) in [6.07, 6.45) is 9.85. The lowest BCUT2D eigenvalue weighted by Crippen LogP contribution is -2.54. The topological polar surface area (TPSA) is 18.5 Å². The van der Waals surface area contributed by atoms with Crippen molar-refractivity contribution in [3.63, 3.8) is 0 Å². The Morgan fingerprint density at radius 3 is 2.81 bits per heavy atom. The van der Waals surface area contributed by atoms with Crippen LogP contribution in [0.3, 0.4) is 0 Å². The summed E-state index contributed by atoms with van der Waals surface area (Å²) in [6.45, 7) is 8.87. The summed E-state index contributed by atoms with van der Waals surface area (Å²) in [5.74, 6) is 1.86. The minimum absolute atomic E-state index is 0.803. The summed E-state index contributed by atoms with van der Waals surface area (Å²) in [6, 6.07) is 1.68. The summed E-state index contributed by atoms with van der Waals surface area (Å²) >= 11 is 0. The first-order valence-electron chi connectivity index (χ1n) is 9.44. The maximum atomic E-state index is 3.80. The Hall–Kier alpha value is -0.120. The van der Waals surface area contributed by atoms with Gasteiger partial charge in [-0.1, -0.05) is 13.3 Å². The molecule has 2 saturated heterocycles. The molecule has 1 aliphatic carbocycles. The minimum Gasteiger partial charge on any atom is -0.314 e. The van der Waals surface area contributed by atoms with Crippen LogP contribution in [-0.4, -0.2) is 61.7 Å². The predicted octanol–water partition coefficient (Wildman–Crippen LogP) is 2.57. The summed E-state index contributed by atoms with van der Waals surface area (Å²) in [5, 5.41) is 3.80. The molecule has 0 bridgehead atoms. The lowest BCUT2D eigenvalue weighted by atomic mass is 9.83. The van der Waals surface area contributed by atoms with E-state index in [1.165, 1.54) is 77.7 Å². The van der Waals surface area contributed by atoms with E-state index in [0.717, 1.165) is 23.9 Å². The molecule has 122 valence electrons. The van der Waals surface area contributed by atoms with Crippen molar-refractivity contribution in [1.29, 1.82) is 0 Å². The van der Waals surface area contributed by atoms with E-state index in [1.54, 1.807) is 0 Å². The van der Waals surface area contributed by atoms with E-state index >= 15 is 0 Å². The molecule has 3 rings (SSSR count). The number of fused-ring (bicyclic) bond motifs is 1. The van der Waals surface area contributed by atoms with E-state index < -0.39 is 0 Å². The van der Waals surface area contributed by atoms with Crippen molar-refractivity contribution in [1.82, 2.24) is 15.1 Å². The quantitative estimate of drug-likeness (QED) is 0.840. The predicted molar refractivity (Wildman–Crippen MR) is 89.6 cm³/mol. The Kier molecular flexibility index (Phi) is 5.58. The first-order valence-corrected chi connectivity index (χ1v) is 9.44. The lowest BCUT2D eigenvalue weighted by Gasteiger charge is -2.46. The molecule has 0 radical (unpaired) electrons. The number of nitrogens with one attached hydrogen (secondary N) is 1. The molecular formula is C18H35N3. The molecule has 4 unspecified atom stereocenters. The van der Waals surface area contributed by atoms with Gasteiger partial charge in [0.1, 0.15) is 0 Å². The van der Waals surface area contributed by atoms with Crippen LogP contribution in [-0.2, 0) is 0 Å². The van der Waals surface area contributed by atoms with Gasteiger partial charge in [-0.15, -0.1) is 0 Å². The zero-order valence-corrected chi connectivity index (χ0v) is 14.2. The summed E-state index contributed by atoms with van der Waals surface area (Å²) in [4.78, 5) is 5.43. The molecule has 2 aliphatic heterocycles. The third-order valence-electron chi connectivity index (χ3n) is 6.24. The third kappa shape index (κ3) is 3.80. The van der Waals surface area contributed by atoms with Gasteiger partial charge in [0.15, 0.2) is 0 Å². The number of nitrogens with zero attached hydrogens (tertiary/aromatic N) is 2. The Labute approximate surface area is 131 Å². The van der Waals surface area contributed by atoms with Crippen molar-refractivity contribution in [3.05, 3.63) is 0 Å². The van der Waals surface area contributed by atoms with Gasteiger partial charge >= 0.3 is 0 Å². The lowest BCUT2D eigenvalue weighted by molar-refractivity contribution is 0.0311. The van der Waals surface area contributed by atoms with Crippen LogP contribution in [0.5, 0.6) is 0 Å². The van der Waals surface area contributed by atoms with Gasteiger partial charge in [0, 0.05) is 25.2 Å². The molecule has 1 N–H and O–H groups in total. The van der Waals surface area contributed by atoms with Crippen molar-refractivity contribution in [2.45, 2.75) is 64.0 Å². The number of hydrogen-bond acceptors (Lipinski definition) is 3. The fourth-order valence-electron chi connectivity index (χ4n) is 5.08. The molecular weight excluding hydrogens is 258 g/mol. The number of hydrogen-bond donors (Lipinski definition) is 1. The van der Waals surface area contributed by atoms with Crippen molar-refractivity contribution in [2.24, 2.45) is 11.8 Å². The van der Waals surface area contributed by atoms with E-state index in [0.29, 0.717) is 0 Å². The summed E-state index contributed by atoms with van der Waals surface area (Å²) in [7, 11) is 2.34. The van der Waals surface area contributed by atoms with Crippen LogP contribution in [0.1, 0.15) is 51.9 Å². The SMILES string of the molecule is CCCNC1CCCC1CN1CCC2C(CCCN2C)C1. The largest absolute Gasteiger partial charge is 0.314 e. The molecule has 4 atom stereocenters. The molecule has 3 nitrogen and oxygen atoms in total. The molecule has 3 fully saturated rings. The number of likely N-dealkylation sites (tertiary alicyclic amines) is 2. The summed E-state index contributed by atoms with van der Waals surface area (Å²) in [5.41, 5.74) is 0. The Bertz CT molecular complexity index is 320. The van der Waals surface area contributed by atoms with Crippen LogP contribution < -0.4 is 5.32 Å². The van der Waals surface area contributed by atoms with Crippen LogP contribution in [0.25, 0.3) is 0 Å². The van der Waals surface area contributed by atoms with Crippen molar-refractivity contribution < 1.29 is 0 Å². The van der Waals surface area contributed by atoms with Crippen LogP contribution in [0.15, 0.2) is 0 Å². The van der Waals surface area contributed by atoms with Crippen molar-refractivity contribution in [2.75, 3.05) is 39.8 Å². The van der Waals surface area contributed by atoms with E-state index in [-0.39, 0.29) is 0 Å². The van der Waals surface area contributed by atoms with Gasteiger partial charge in [-0.3, -0.25) is 0 Å². The average molecular weight is 293 g/mol. The third-order valence-corrected chi connectivity index (χ3v) is 6.24. The van der Waals surface area contributed by atoms with E-state index in [9.17, 15) is 0 Å². The molecule has 21 heavy (non-hydrogen) atoms. The second-order valence-corrected chi connectivity index (χ2v) is 7.75. The fourth-order valence-corrected chi connectivity index (χ4v) is 5.08. The molecule has 0 aromatic heterocycles. The first kappa shape index (κ1) is 15.8. The Morgan fingerprint density at radius 2 is 1.95 bits per heavy atom. The monoisotopic (exact) mass is 293 g/mol. The molecule has 3 heteroatoms. The molecule has 3 aliphatic rings. The zero-order valence-electron chi connectivity index (χ0n) is 14.2. The van der Waals surface area contributed by atoms with Gasteiger partial charge in [0.2, 0.25) is 0 Å². The standard InChI is InChI=1S/C18H35N3/c1-3-10-19-17-8-4-6-15(17)13-21-12-9-18-16(14-21)7-5-11-20(18)2/h15-19H,3-14H2,1-2H3. The van der Waals surface area contributed by atoms with Gasteiger partial charge < -0.3 is 15.1 Å². The average Bonchev–Trinajstić information content (AvgIpc) is 2.92. The van der Waals surface area contributed by atoms with Gasteiger partial charge in [0.05, 0.1) is 0 Å². The molecule has 2 heterocycles. The highest BCUT2D eigenvalue weighted by molar-refractivity contribution is 4.92. The number of piperidine rings is 2. The normalized spacial score (nSPS) is 38.6. The first-order chi connectivity index (χ1) is 10.3. The van der Waals surface area contributed by atoms with Crippen molar-refractivity contribution in [3.8, 4) is 0 Å². The van der Waals surface area contributed by atoms with Crippen LogP contribution in [0, 0.1) is 11.8 Å². The number of rotatable bonds is 5. The van der Waals surface area contributed by atoms with Gasteiger partial charge in [-0.25, -0.2) is 0 Å². The zero-order chi connectivity index (χ0) is 14.7. The Balaban J connectivity index is 1.49. The second-order valence-electron chi connectivity index (χ2n) is 7.75. The molecule has 0 amide bonds.